The number of hydrogen-bond donors (Lipinski definition) is 1. The van der Waals surface area contributed by atoms with Crippen LogP contribution in [0.1, 0.15) is 24.0 Å². The number of anilines is 2. The van der Waals surface area contributed by atoms with Crippen LogP contribution in [0, 0.1) is 0 Å². The van der Waals surface area contributed by atoms with Gasteiger partial charge in [-0.1, -0.05) is 22.9 Å². The van der Waals surface area contributed by atoms with Crippen molar-refractivity contribution in [2.24, 2.45) is 0 Å². The van der Waals surface area contributed by atoms with Crippen molar-refractivity contribution in [3.05, 3.63) is 28.2 Å². The molecule has 2 aliphatic rings. The summed E-state index contributed by atoms with van der Waals surface area (Å²) in [6.07, 6.45) is 1.87. The van der Waals surface area contributed by atoms with Crippen LogP contribution in [0.15, 0.2) is 18.2 Å². The topological polar surface area (TPSA) is 93.7 Å². The van der Waals surface area contributed by atoms with E-state index in [9.17, 15) is 9.59 Å². The summed E-state index contributed by atoms with van der Waals surface area (Å²) in [7, 11) is 0. The van der Waals surface area contributed by atoms with Gasteiger partial charge in [0.05, 0.1) is 12.2 Å². The second-order valence-electron chi connectivity index (χ2n) is 5.94. The quantitative estimate of drug-likeness (QED) is 0.628. The molecule has 0 bridgehead atoms. The number of rotatable bonds is 4. The largest absolute Gasteiger partial charge is 0.423 e. The van der Waals surface area contributed by atoms with Gasteiger partial charge >= 0.3 is 5.97 Å². The first-order chi connectivity index (χ1) is 12.6. The maximum atomic E-state index is 12.4. The molecule has 2 aliphatic heterocycles. The molecule has 4 rings (SSSR count). The lowest BCUT2D eigenvalue weighted by molar-refractivity contribution is -0.133. The second-order valence-corrected chi connectivity index (χ2v) is 7.38. The number of halogens is 1. The smallest absolute Gasteiger partial charge is 0.331 e. The van der Waals surface area contributed by atoms with Crippen LogP contribution in [0.2, 0.25) is 5.02 Å². The monoisotopic (exact) mass is 394 g/mol. The standard InChI is InChI=1S/C16H15ClN4O4S/c17-9-3-4-11-10(6-9)21(8-14(23)25-11)7-13(22)18-16-20-19-15(26-16)12-2-1-5-24-12/h3-4,6,12H,1-2,5,7-8H2,(H,18,20,22)/t12-/m1/s1. The van der Waals surface area contributed by atoms with Crippen molar-refractivity contribution in [1.82, 2.24) is 10.2 Å². The highest BCUT2D eigenvalue weighted by Gasteiger charge is 2.27. The molecule has 1 aromatic heterocycles. The number of aromatic nitrogens is 2. The number of ether oxygens (including phenoxy) is 2. The summed E-state index contributed by atoms with van der Waals surface area (Å²) in [4.78, 5) is 25.7. The summed E-state index contributed by atoms with van der Waals surface area (Å²) >= 11 is 7.31. The fourth-order valence-corrected chi connectivity index (χ4v) is 3.89. The van der Waals surface area contributed by atoms with Crippen LogP contribution in [-0.4, -0.2) is 41.8 Å². The van der Waals surface area contributed by atoms with Gasteiger partial charge in [0.25, 0.3) is 0 Å². The first-order valence-electron chi connectivity index (χ1n) is 8.08. The summed E-state index contributed by atoms with van der Waals surface area (Å²) in [5.41, 5.74) is 0.601. The molecule has 0 saturated carbocycles. The highest BCUT2D eigenvalue weighted by atomic mass is 35.5. The van der Waals surface area contributed by atoms with E-state index >= 15 is 0 Å². The van der Waals surface area contributed by atoms with Gasteiger partial charge in [0, 0.05) is 11.6 Å². The van der Waals surface area contributed by atoms with E-state index in [4.69, 9.17) is 21.1 Å². The van der Waals surface area contributed by atoms with Gasteiger partial charge in [-0.15, -0.1) is 10.2 Å². The summed E-state index contributed by atoms with van der Waals surface area (Å²) in [6, 6.07) is 4.90. The fourth-order valence-electron chi connectivity index (χ4n) is 2.88. The van der Waals surface area contributed by atoms with E-state index in [1.54, 1.807) is 23.1 Å². The third kappa shape index (κ3) is 3.64. The Balaban J connectivity index is 1.44. The van der Waals surface area contributed by atoms with E-state index in [2.05, 4.69) is 15.5 Å². The van der Waals surface area contributed by atoms with Gasteiger partial charge in [-0.2, -0.15) is 0 Å². The summed E-state index contributed by atoms with van der Waals surface area (Å²) in [5.74, 6) is -0.347. The fraction of sp³-hybridized carbons (Fsp3) is 0.375. The summed E-state index contributed by atoms with van der Waals surface area (Å²) < 4.78 is 10.7. The normalized spacial score (nSPS) is 19.2. The van der Waals surface area contributed by atoms with Crippen LogP contribution in [0.4, 0.5) is 10.8 Å². The molecule has 1 N–H and O–H groups in total. The third-order valence-electron chi connectivity index (χ3n) is 4.03. The minimum absolute atomic E-state index is 0.0297. The van der Waals surface area contributed by atoms with E-state index in [1.807, 2.05) is 0 Å². The van der Waals surface area contributed by atoms with Crippen molar-refractivity contribution in [3.63, 3.8) is 0 Å². The zero-order chi connectivity index (χ0) is 18.1. The Bertz CT molecular complexity index is 853. The molecule has 2 aromatic rings. The van der Waals surface area contributed by atoms with Crippen LogP contribution in [-0.2, 0) is 14.3 Å². The molecule has 0 radical (unpaired) electrons. The second kappa shape index (κ2) is 7.18. The molecular formula is C16H15ClN4O4S. The SMILES string of the molecule is O=C(CN1CC(=O)Oc2ccc(Cl)cc21)Nc1nnc([C@H]2CCCO2)s1. The first-order valence-corrected chi connectivity index (χ1v) is 9.28. The summed E-state index contributed by atoms with van der Waals surface area (Å²) in [6.45, 7) is 0.661. The molecule has 1 atom stereocenters. The Kier molecular flexibility index (Phi) is 4.75. The van der Waals surface area contributed by atoms with E-state index < -0.39 is 5.97 Å². The van der Waals surface area contributed by atoms with Crippen molar-refractivity contribution >= 4 is 45.6 Å². The van der Waals surface area contributed by atoms with Crippen LogP contribution in [0.5, 0.6) is 5.75 Å². The lowest BCUT2D eigenvalue weighted by Gasteiger charge is -2.29. The van der Waals surface area contributed by atoms with E-state index in [-0.39, 0.29) is 25.1 Å². The minimum atomic E-state index is -0.427. The van der Waals surface area contributed by atoms with E-state index in [0.717, 1.165) is 24.5 Å². The molecule has 8 nitrogen and oxygen atoms in total. The van der Waals surface area contributed by atoms with Crippen molar-refractivity contribution in [1.29, 1.82) is 0 Å². The number of hydrogen-bond acceptors (Lipinski definition) is 8. The lowest BCUT2D eigenvalue weighted by Crippen LogP contribution is -2.41. The average molecular weight is 395 g/mol. The minimum Gasteiger partial charge on any atom is -0.423 e. The summed E-state index contributed by atoms with van der Waals surface area (Å²) in [5, 5.41) is 12.5. The van der Waals surface area contributed by atoms with E-state index in [1.165, 1.54) is 11.3 Å². The maximum Gasteiger partial charge on any atom is 0.331 e. The number of carbonyl (C=O) groups is 2. The lowest BCUT2D eigenvalue weighted by atomic mass is 10.2. The van der Waals surface area contributed by atoms with Crippen molar-refractivity contribution in [2.45, 2.75) is 18.9 Å². The molecule has 136 valence electrons. The molecule has 1 fully saturated rings. The number of benzene rings is 1. The van der Waals surface area contributed by atoms with Gasteiger partial charge in [0.15, 0.2) is 5.75 Å². The van der Waals surface area contributed by atoms with Crippen LogP contribution >= 0.6 is 22.9 Å². The first kappa shape index (κ1) is 17.2. The highest BCUT2D eigenvalue weighted by Crippen LogP contribution is 2.34. The van der Waals surface area contributed by atoms with E-state index in [0.29, 0.717) is 21.6 Å². The Hall–Kier alpha value is -2.23. The van der Waals surface area contributed by atoms with Gasteiger partial charge < -0.3 is 14.4 Å². The van der Waals surface area contributed by atoms with Crippen LogP contribution in [0.25, 0.3) is 0 Å². The van der Waals surface area contributed by atoms with Crippen LogP contribution < -0.4 is 15.0 Å². The third-order valence-corrected chi connectivity index (χ3v) is 5.20. The molecule has 0 spiro atoms. The molecule has 26 heavy (non-hydrogen) atoms. The number of amides is 1. The number of nitrogens with zero attached hydrogens (tertiary/aromatic N) is 3. The van der Waals surface area contributed by atoms with Gasteiger partial charge in [-0.3, -0.25) is 10.1 Å². The van der Waals surface area contributed by atoms with Gasteiger partial charge in [-0.05, 0) is 31.0 Å². The maximum absolute atomic E-state index is 12.4. The number of nitrogens with one attached hydrogen (secondary N) is 1. The average Bonchev–Trinajstić information content (AvgIpc) is 3.26. The zero-order valence-electron chi connectivity index (χ0n) is 13.6. The molecule has 10 heteroatoms. The number of carbonyl (C=O) groups excluding carboxylic acids is 2. The molecule has 3 heterocycles. The van der Waals surface area contributed by atoms with Gasteiger partial charge in [0.1, 0.15) is 17.7 Å². The molecular weight excluding hydrogens is 380 g/mol. The van der Waals surface area contributed by atoms with Crippen molar-refractivity contribution < 1.29 is 19.1 Å². The van der Waals surface area contributed by atoms with Crippen LogP contribution in [0.3, 0.4) is 0 Å². The molecule has 1 saturated heterocycles. The predicted octanol–water partition coefficient (Wildman–Crippen LogP) is 2.41. The van der Waals surface area contributed by atoms with Crippen molar-refractivity contribution in [3.8, 4) is 5.75 Å². The molecule has 0 unspecified atom stereocenters. The Morgan fingerprint density at radius 1 is 1.42 bits per heavy atom. The van der Waals surface area contributed by atoms with Gasteiger partial charge in [0.2, 0.25) is 11.0 Å². The number of esters is 1. The number of fused-ring (bicyclic) bond motifs is 1. The molecule has 1 aromatic carbocycles. The zero-order valence-corrected chi connectivity index (χ0v) is 15.2. The Morgan fingerprint density at radius 2 is 2.31 bits per heavy atom. The Labute approximate surface area is 158 Å². The molecule has 0 aliphatic carbocycles. The predicted molar refractivity (Wildman–Crippen MR) is 95.8 cm³/mol. The van der Waals surface area contributed by atoms with Crippen molar-refractivity contribution in [2.75, 3.05) is 29.9 Å². The van der Waals surface area contributed by atoms with Gasteiger partial charge in [-0.25, -0.2) is 4.79 Å². The highest BCUT2D eigenvalue weighted by molar-refractivity contribution is 7.15. The molecule has 1 amide bonds. The Morgan fingerprint density at radius 3 is 3.12 bits per heavy atom.